The Balaban J connectivity index is 1.65. The van der Waals surface area contributed by atoms with Crippen LogP contribution in [0.2, 0.25) is 0 Å². The summed E-state index contributed by atoms with van der Waals surface area (Å²) in [5, 5.41) is 4.87. The highest BCUT2D eigenvalue weighted by Crippen LogP contribution is 2.43. The highest BCUT2D eigenvalue weighted by Gasteiger charge is 2.48. The van der Waals surface area contributed by atoms with Crippen molar-refractivity contribution in [3.63, 3.8) is 0 Å². The molecular weight excluding hydrogens is 318 g/mol. The van der Waals surface area contributed by atoms with Crippen molar-refractivity contribution in [2.45, 2.75) is 56.5 Å². The van der Waals surface area contributed by atoms with Crippen LogP contribution in [-0.2, 0) is 30.4 Å². The Morgan fingerprint density at radius 3 is 2.43 bits per heavy atom. The van der Waals surface area contributed by atoms with Gasteiger partial charge in [0.1, 0.15) is 0 Å². The molecule has 2 aliphatic rings. The number of ether oxygens (including phenoxy) is 2. The molecule has 1 aromatic rings. The first-order valence-electron chi connectivity index (χ1n) is 8.03. The maximum atomic E-state index is 10.9. The largest absolute Gasteiger partial charge is 0.344 e. The zero-order valence-corrected chi connectivity index (χ0v) is 13.8. The number of nitrogens with two attached hydrogens (primary N) is 1. The Hall–Kier alpha value is -0.990. The van der Waals surface area contributed by atoms with Gasteiger partial charge in [0.25, 0.3) is 0 Å². The Morgan fingerprint density at radius 2 is 1.78 bits per heavy atom. The van der Waals surface area contributed by atoms with Crippen molar-refractivity contribution in [3.8, 4) is 0 Å². The third kappa shape index (κ3) is 4.51. The fraction of sp³-hybridized carbons (Fsp3) is 0.625. The first kappa shape index (κ1) is 16.9. The Morgan fingerprint density at radius 1 is 1.13 bits per heavy atom. The Kier molecular flexibility index (Phi) is 5.03. The topological polar surface area (TPSA) is 87.9 Å². The molecule has 1 saturated carbocycles. The second kappa shape index (κ2) is 6.86. The summed E-state index contributed by atoms with van der Waals surface area (Å²) in [6.07, 6.45) is 4.87. The van der Waals surface area contributed by atoms with E-state index in [-0.39, 0.29) is 18.8 Å². The van der Waals surface area contributed by atoms with Crippen molar-refractivity contribution in [1.82, 2.24) is 0 Å². The van der Waals surface area contributed by atoms with E-state index in [1.54, 1.807) is 0 Å². The highest BCUT2D eigenvalue weighted by molar-refractivity contribution is 7.84. The molecule has 0 aromatic heterocycles. The SMILES string of the molecule is NS(=O)(=O)OCC[C@H]1OC2(CCCC2)O[C@@H]1Cc1ccccc1. The summed E-state index contributed by atoms with van der Waals surface area (Å²) < 4.78 is 38.9. The van der Waals surface area contributed by atoms with Crippen molar-refractivity contribution in [2.75, 3.05) is 6.61 Å². The molecule has 128 valence electrons. The van der Waals surface area contributed by atoms with E-state index in [0.717, 1.165) is 32.1 Å². The fourth-order valence-corrected chi connectivity index (χ4v) is 3.75. The van der Waals surface area contributed by atoms with Crippen LogP contribution in [-0.4, -0.2) is 33.0 Å². The van der Waals surface area contributed by atoms with E-state index in [1.165, 1.54) is 5.56 Å². The van der Waals surface area contributed by atoms with Gasteiger partial charge in [-0.25, -0.2) is 5.14 Å². The van der Waals surface area contributed by atoms with Crippen LogP contribution < -0.4 is 5.14 Å². The lowest BCUT2D eigenvalue weighted by atomic mass is 10.0. The molecule has 1 heterocycles. The Bertz CT molecular complexity index is 613. The number of hydrogen-bond donors (Lipinski definition) is 1. The molecule has 2 atom stereocenters. The molecule has 6 nitrogen and oxygen atoms in total. The fourth-order valence-electron chi connectivity index (χ4n) is 3.43. The van der Waals surface area contributed by atoms with Crippen LogP contribution in [0.5, 0.6) is 0 Å². The van der Waals surface area contributed by atoms with E-state index < -0.39 is 16.1 Å². The summed E-state index contributed by atoms with van der Waals surface area (Å²) in [4.78, 5) is 0. The van der Waals surface area contributed by atoms with Crippen LogP contribution in [0.15, 0.2) is 30.3 Å². The van der Waals surface area contributed by atoms with Gasteiger partial charge in [0, 0.05) is 25.7 Å². The molecular formula is C16H23NO5S. The lowest BCUT2D eigenvalue weighted by Gasteiger charge is -2.22. The number of rotatable bonds is 6. The zero-order valence-electron chi connectivity index (χ0n) is 13.0. The first-order valence-corrected chi connectivity index (χ1v) is 9.50. The predicted molar refractivity (Wildman–Crippen MR) is 84.8 cm³/mol. The lowest BCUT2D eigenvalue weighted by Crippen LogP contribution is -2.27. The third-order valence-corrected chi connectivity index (χ3v) is 4.94. The molecule has 0 amide bonds. The standard InChI is InChI=1S/C16H23NO5S/c17-23(18,19)20-11-8-14-15(12-13-6-2-1-3-7-13)22-16(21-14)9-4-5-10-16/h1-3,6-7,14-15H,4-5,8-12H2,(H2,17,18,19)/t14-,15-/m1/s1. The average molecular weight is 341 g/mol. The van der Waals surface area contributed by atoms with Gasteiger partial charge < -0.3 is 9.47 Å². The minimum absolute atomic E-state index is 0.00816. The minimum atomic E-state index is -3.92. The lowest BCUT2D eigenvalue weighted by molar-refractivity contribution is -0.169. The van der Waals surface area contributed by atoms with Crippen LogP contribution in [0, 0.1) is 0 Å². The Labute approximate surface area is 137 Å². The minimum Gasteiger partial charge on any atom is -0.344 e. The van der Waals surface area contributed by atoms with Crippen molar-refractivity contribution < 1.29 is 22.1 Å². The summed E-state index contributed by atoms with van der Waals surface area (Å²) in [5.41, 5.74) is 1.17. The number of hydrogen-bond acceptors (Lipinski definition) is 5. The molecule has 1 aliphatic carbocycles. The molecule has 23 heavy (non-hydrogen) atoms. The van der Waals surface area contributed by atoms with Gasteiger partial charge in [-0.05, 0) is 18.4 Å². The quantitative estimate of drug-likeness (QED) is 0.854. The van der Waals surface area contributed by atoms with Gasteiger partial charge in [-0.2, -0.15) is 8.42 Å². The smallest absolute Gasteiger partial charge is 0.333 e. The van der Waals surface area contributed by atoms with Gasteiger partial charge in [-0.3, -0.25) is 4.18 Å². The molecule has 2 N–H and O–H groups in total. The highest BCUT2D eigenvalue weighted by atomic mass is 32.2. The van der Waals surface area contributed by atoms with Gasteiger partial charge in [0.2, 0.25) is 0 Å². The summed E-state index contributed by atoms with van der Waals surface area (Å²) in [6.45, 7) is 0.00816. The summed E-state index contributed by atoms with van der Waals surface area (Å²) >= 11 is 0. The van der Waals surface area contributed by atoms with Crippen molar-refractivity contribution >= 4 is 10.3 Å². The second-order valence-electron chi connectivity index (χ2n) is 6.22. The van der Waals surface area contributed by atoms with E-state index in [9.17, 15) is 8.42 Å². The molecule has 1 saturated heterocycles. The maximum Gasteiger partial charge on any atom is 0.333 e. The molecule has 1 aliphatic heterocycles. The van der Waals surface area contributed by atoms with E-state index in [0.29, 0.717) is 6.42 Å². The average Bonchev–Trinajstić information content (AvgIpc) is 3.07. The van der Waals surface area contributed by atoms with E-state index in [4.69, 9.17) is 14.6 Å². The van der Waals surface area contributed by atoms with Crippen LogP contribution in [0.25, 0.3) is 0 Å². The van der Waals surface area contributed by atoms with Gasteiger partial charge in [-0.1, -0.05) is 30.3 Å². The van der Waals surface area contributed by atoms with E-state index in [2.05, 4.69) is 16.3 Å². The molecule has 1 spiro atoms. The van der Waals surface area contributed by atoms with Crippen molar-refractivity contribution in [1.29, 1.82) is 0 Å². The number of benzene rings is 1. The summed E-state index contributed by atoms with van der Waals surface area (Å²) in [6, 6.07) is 10.1. The van der Waals surface area contributed by atoms with Gasteiger partial charge in [0.05, 0.1) is 18.8 Å². The molecule has 0 bridgehead atoms. The van der Waals surface area contributed by atoms with Gasteiger partial charge in [0.15, 0.2) is 5.79 Å². The third-order valence-electron chi connectivity index (χ3n) is 4.44. The molecule has 2 fully saturated rings. The summed E-state index contributed by atoms with van der Waals surface area (Å²) in [5.74, 6) is -0.494. The first-order chi connectivity index (χ1) is 11.0. The molecule has 7 heteroatoms. The maximum absolute atomic E-state index is 10.9. The molecule has 1 aromatic carbocycles. The van der Waals surface area contributed by atoms with E-state index >= 15 is 0 Å². The van der Waals surface area contributed by atoms with Crippen molar-refractivity contribution in [3.05, 3.63) is 35.9 Å². The normalized spacial score (nSPS) is 26.8. The van der Waals surface area contributed by atoms with Crippen LogP contribution in [0.4, 0.5) is 0 Å². The van der Waals surface area contributed by atoms with Gasteiger partial charge in [-0.15, -0.1) is 0 Å². The monoisotopic (exact) mass is 341 g/mol. The van der Waals surface area contributed by atoms with Crippen molar-refractivity contribution in [2.24, 2.45) is 5.14 Å². The molecule has 0 radical (unpaired) electrons. The van der Waals surface area contributed by atoms with Crippen LogP contribution >= 0.6 is 0 Å². The second-order valence-corrected chi connectivity index (χ2v) is 7.44. The summed E-state index contributed by atoms with van der Waals surface area (Å²) in [7, 11) is -3.92. The molecule has 3 rings (SSSR count). The van der Waals surface area contributed by atoms with E-state index in [1.807, 2.05) is 18.2 Å². The molecule has 0 unspecified atom stereocenters. The van der Waals surface area contributed by atoms with Gasteiger partial charge >= 0.3 is 10.3 Å². The predicted octanol–water partition coefficient (Wildman–Crippen LogP) is 1.89. The van der Waals surface area contributed by atoms with Crippen LogP contribution in [0.1, 0.15) is 37.7 Å². The van der Waals surface area contributed by atoms with Crippen LogP contribution in [0.3, 0.4) is 0 Å². The zero-order chi connectivity index (χ0) is 16.3.